The lowest BCUT2D eigenvalue weighted by Gasteiger charge is -2.35. The fourth-order valence-corrected chi connectivity index (χ4v) is 3.80. The third-order valence-corrected chi connectivity index (χ3v) is 5.43. The molecule has 1 aliphatic heterocycles. The highest BCUT2D eigenvalue weighted by atomic mass is 35.5. The van der Waals surface area contributed by atoms with E-state index in [4.69, 9.17) is 11.6 Å². The molecule has 1 fully saturated rings. The second-order valence-corrected chi connectivity index (χ2v) is 7.88. The van der Waals surface area contributed by atoms with Crippen LogP contribution in [0, 0.1) is 20.8 Å². The van der Waals surface area contributed by atoms with Crippen LogP contribution in [0.2, 0.25) is 5.02 Å². The van der Waals surface area contributed by atoms with E-state index in [-0.39, 0.29) is 6.03 Å². The Bertz CT molecular complexity index is 1060. The highest BCUT2D eigenvalue weighted by molar-refractivity contribution is 6.33. The molecule has 8 nitrogen and oxygen atoms in total. The number of benzene rings is 1. The largest absolute Gasteiger partial charge is 0.352 e. The molecule has 0 bridgehead atoms. The van der Waals surface area contributed by atoms with Gasteiger partial charge in [0.2, 0.25) is 0 Å². The number of halogens is 1. The van der Waals surface area contributed by atoms with Crippen LogP contribution in [0.1, 0.15) is 17.0 Å². The van der Waals surface area contributed by atoms with Gasteiger partial charge >= 0.3 is 6.03 Å². The molecule has 3 aromatic rings. The van der Waals surface area contributed by atoms with Crippen LogP contribution in [-0.2, 0) is 0 Å². The predicted molar refractivity (Wildman–Crippen MR) is 118 cm³/mol. The van der Waals surface area contributed by atoms with Crippen LogP contribution in [0.15, 0.2) is 36.4 Å². The summed E-state index contributed by atoms with van der Waals surface area (Å²) in [6.07, 6.45) is 0. The van der Waals surface area contributed by atoms with E-state index >= 15 is 0 Å². The third-order valence-electron chi connectivity index (χ3n) is 5.12. The Morgan fingerprint density at radius 3 is 2.27 bits per heavy atom. The minimum absolute atomic E-state index is 0.147. The van der Waals surface area contributed by atoms with Crippen molar-refractivity contribution in [2.24, 2.45) is 0 Å². The van der Waals surface area contributed by atoms with Gasteiger partial charge in [-0.15, -0.1) is 10.2 Å². The molecule has 9 heteroatoms. The molecule has 1 N–H and O–H groups in total. The lowest BCUT2D eigenvalue weighted by Crippen LogP contribution is -2.50. The Balaban J connectivity index is 1.36. The molecule has 4 rings (SSSR count). The van der Waals surface area contributed by atoms with E-state index < -0.39 is 0 Å². The van der Waals surface area contributed by atoms with Crippen LogP contribution in [0.3, 0.4) is 0 Å². The van der Waals surface area contributed by atoms with Crippen molar-refractivity contribution in [2.75, 3.05) is 36.4 Å². The molecule has 1 aromatic carbocycles. The van der Waals surface area contributed by atoms with Crippen LogP contribution in [0.4, 0.5) is 16.3 Å². The number of hydrogen-bond donors (Lipinski definition) is 1. The average molecular weight is 426 g/mol. The topological polar surface area (TPSA) is 79.2 Å². The zero-order chi connectivity index (χ0) is 21.3. The summed E-state index contributed by atoms with van der Waals surface area (Å²) in [5.74, 6) is 1.49. The maximum Gasteiger partial charge on any atom is 0.322 e. The summed E-state index contributed by atoms with van der Waals surface area (Å²) in [7, 11) is 0. The highest BCUT2D eigenvalue weighted by Gasteiger charge is 2.23. The summed E-state index contributed by atoms with van der Waals surface area (Å²) < 4.78 is 1.78. The number of piperazine rings is 1. The Morgan fingerprint density at radius 1 is 0.967 bits per heavy atom. The van der Waals surface area contributed by atoms with Gasteiger partial charge in [0, 0.05) is 31.9 Å². The molecule has 30 heavy (non-hydrogen) atoms. The summed E-state index contributed by atoms with van der Waals surface area (Å²) in [5, 5.41) is 16.6. The van der Waals surface area contributed by atoms with Gasteiger partial charge in [0.05, 0.1) is 16.4 Å². The molecule has 1 saturated heterocycles. The molecule has 0 atom stereocenters. The first-order valence-corrected chi connectivity index (χ1v) is 10.2. The van der Waals surface area contributed by atoms with Crippen molar-refractivity contribution in [1.82, 2.24) is 24.9 Å². The fourth-order valence-electron chi connectivity index (χ4n) is 3.52. The quantitative estimate of drug-likeness (QED) is 0.693. The van der Waals surface area contributed by atoms with Gasteiger partial charge in [-0.1, -0.05) is 17.7 Å². The monoisotopic (exact) mass is 425 g/mol. The summed E-state index contributed by atoms with van der Waals surface area (Å²) in [6, 6.07) is 11.3. The first-order valence-electron chi connectivity index (χ1n) is 9.85. The Kier molecular flexibility index (Phi) is 5.59. The normalized spacial score (nSPS) is 14.1. The molecule has 0 aliphatic carbocycles. The second-order valence-electron chi connectivity index (χ2n) is 7.48. The number of amides is 2. The minimum atomic E-state index is -0.147. The maximum absolute atomic E-state index is 12.6. The van der Waals surface area contributed by atoms with E-state index in [1.54, 1.807) is 9.58 Å². The number of aromatic nitrogens is 4. The van der Waals surface area contributed by atoms with Gasteiger partial charge in [0.1, 0.15) is 0 Å². The van der Waals surface area contributed by atoms with Crippen LogP contribution in [0.25, 0.3) is 5.82 Å². The molecule has 1 aliphatic rings. The number of nitrogens with one attached hydrogen (secondary N) is 1. The van der Waals surface area contributed by atoms with Crippen molar-refractivity contribution in [1.29, 1.82) is 0 Å². The van der Waals surface area contributed by atoms with Crippen LogP contribution < -0.4 is 10.2 Å². The van der Waals surface area contributed by atoms with E-state index in [9.17, 15) is 4.79 Å². The molecule has 3 heterocycles. The smallest absolute Gasteiger partial charge is 0.322 e. The summed E-state index contributed by atoms with van der Waals surface area (Å²) in [6.45, 7) is 8.46. The summed E-state index contributed by atoms with van der Waals surface area (Å²) in [4.78, 5) is 16.5. The number of carbonyl (C=O) groups excluding carboxylic acids is 1. The van der Waals surface area contributed by atoms with E-state index in [0.29, 0.717) is 42.7 Å². The maximum atomic E-state index is 12.6. The van der Waals surface area contributed by atoms with E-state index in [0.717, 1.165) is 22.8 Å². The molecular weight excluding hydrogens is 402 g/mol. The van der Waals surface area contributed by atoms with Crippen molar-refractivity contribution in [2.45, 2.75) is 20.8 Å². The number of rotatable bonds is 3. The summed E-state index contributed by atoms with van der Waals surface area (Å²) in [5.41, 5.74) is 3.64. The highest BCUT2D eigenvalue weighted by Crippen LogP contribution is 2.23. The zero-order valence-corrected chi connectivity index (χ0v) is 18.0. The second kappa shape index (κ2) is 8.31. The van der Waals surface area contributed by atoms with Crippen LogP contribution in [-0.4, -0.2) is 57.1 Å². The van der Waals surface area contributed by atoms with Crippen LogP contribution in [0.5, 0.6) is 0 Å². The first-order chi connectivity index (χ1) is 14.4. The molecule has 0 unspecified atom stereocenters. The molecular formula is C21H24ClN7O. The molecule has 2 amide bonds. The SMILES string of the molecule is Cc1ccc(NC(=O)N2CCN(c3ccc(-n4nc(C)cc4C)nn3)CC2)c(Cl)c1. The lowest BCUT2D eigenvalue weighted by atomic mass is 10.2. The molecule has 0 saturated carbocycles. The van der Waals surface area contributed by atoms with Crippen molar-refractivity contribution >= 4 is 29.1 Å². The number of aryl methyl sites for hydroxylation is 3. The van der Waals surface area contributed by atoms with Gasteiger partial charge in [-0.3, -0.25) is 0 Å². The van der Waals surface area contributed by atoms with Gasteiger partial charge in [0.25, 0.3) is 0 Å². The van der Waals surface area contributed by atoms with Crippen LogP contribution >= 0.6 is 11.6 Å². The van der Waals surface area contributed by atoms with Crippen molar-refractivity contribution in [3.05, 3.63) is 58.4 Å². The number of urea groups is 1. The number of nitrogens with zero attached hydrogens (tertiary/aromatic N) is 6. The van der Waals surface area contributed by atoms with E-state index in [2.05, 4.69) is 25.5 Å². The predicted octanol–water partition coefficient (Wildman–Crippen LogP) is 3.60. The number of carbonyl (C=O) groups is 1. The fraction of sp³-hybridized carbons (Fsp3) is 0.333. The Hall–Kier alpha value is -3.13. The molecule has 0 radical (unpaired) electrons. The average Bonchev–Trinajstić information content (AvgIpc) is 3.08. The van der Waals surface area contributed by atoms with Crippen molar-refractivity contribution in [3.8, 4) is 5.82 Å². The van der Waals surface area contributed by atoms with Crippen molar-refractivity contribution in [3.63, 3.8) is 0 Å². The summed E-state index contributed by atoms with van der Waals surface area (Å²) >= 11 is 6.22. The number of anilines is 2. The lowest BCUT2D eigenvalue weighted by molar-refractivity contribution is 0.208. The minimum Gasteiger partial charge on any atom is -0.352 e. The van der Waals surface area contributed by atoms with Gasteiger partial charge in [-0.25, -0.2) is 9.48 Å². The zero-order valence-electron chi connectivity index (χ0n) is 17.3. The van der Waals surface area contributed by atoms with Gasteiger partial charge in [-0.05, 0) is 56.7 Å². The Morgan fingerprint density at radius 2 is 1.67 bits per heavy atom. The van der Waals surface area contributed by atoms with Gasteiger partial charge in [-0.2, -0.15) is 5.10 Å². The standard InChI is InChI=1S/C21H24ClN7O/c1-14-4-5-18(17(22)12-14)23-21(30)28-10-8-27(9-11-28)19-6-7-20(25-24-19)29-16(3)13-15(2)26-29/h4-7,12-13H,8-11H2,1-3H3,(H,23,30). The molecule has 156 valence electrons. The first kappa shape index (κ1) is 20.2. The van der Waals surface area contributed by atoms with Crippen molar-refractivity contribution < 1.29 is 4.79 Å². The molecule has 2 aromatic heterocycles. The Labute approximate surface area is 180 Å². The van der Waals surface area contributed by atoms with E-state index in [1.807, 2.05) is 57.2 Å². The van der Waals surface area contributed by atoms with E-state index in [1.165, 1.54) is 0 Å². The number of hydrogen-bond acceptors (Lipinski definition) is 5. The third kappa shape index (κ3) is 4.23. The van der Waals surface area contributed by atoms with Gasteiger partial charge in [0.15, 0.2) is 11.6 Å². The molecule has 0 spiro atoms. The van der Waals surface area contributed by atoms with Gasteiger partial charge < -0.3 is 15.1 Å².